The average molecular weight is 319 g/mol. The van der Waals surface area contributed by atoms with Gasteiger partial charge in [-0.1, -0.05) is 12.1 Å². The Morgan fingerprint density at radius 1 is 1.09 bits per heavy atom. The lowest BCUT2D eigenvalue weighted by Gasteiger charge is -2.45. The van der Waals surface area contributed by atoms with Crippen molar-refractivity contribution in [1.29, 1.82) is 0 Å². The molecule has 1 aromatic carbocycles. The second-order valence-corrected chi connectivity index (χ2v) is 7.10. The van der Waals surface area contributed by atoms with Crippen LogP contribution >= 0.6 is 11.8 Å². The number of thioether (sulfide) groups is 1. The van der Waals surface area contributed by atoms with Gasteiger partial charge in [0.2, 0.25) is 5.91 Å². The molecular formula is C17H21NO3S. The van der Waals surface area contributed by atoms with E-state index < -0.39 is 11.9 Å². The van der Waals surface area contributed by atoms with Gasteiger partial charge in [0.25, 0.3) is 0 Å². The SMILES string of the molecule is CSc1ccccc1NC(=O)[C@H]1C2CCC(CC2)[C@H]1C(=O)O. The summed E-state index contributed by atoms with van der Waals surface area (Å²) in [5, 5.41) is 12.5. The second kappa shape index (κ2) is 6.32. The zero-order valence-corrected chi connectivity index (χ0v) is 13.4. The van der Waals surface area contributed by atoms with Crippen LogP contribution < -0.4 is 5.32 Å². The zero-order valence-electron chi connectivity index (χ0n) is 12.6. The molecule has 2 bridgehead atoms. The van der Waals surface area contributed by atoms with Crippen LogP contribution in [-0.4, -0.2) is 23.2 Å². The highest BCUT2D eigenvalue weighted by Gasteiger charge is 2.50. The summed E-state index contributed by atoms with van der Waals surface area (Å²) in [7, 11) is 0. The van der Waals surface area contributed by atoms with Gasteiger partial charge in [0.1, 0.15) is 0 Å². The Morgan fingerprint density at radius 2 is 1.68 bits per heavy atom. The van der Waals surface area contributed by atoms with Crippen molar-refractivity contribution < 1.29 is 14.7 Å². The first-order chi connectivity index (χ1) is 10.6. The van der Waals surface area contributed by atoms with E-state index in [9.17, 15) is 14.7 Å². The number of anilines is 1. The van der Waals surface area contributed by atoms with Gasteiger partial charge < -0.3 is 10.4 Å². The van der Waals surface area contributed by atoms with Crippen LogP contribution in [0.5, 0.6) is 0 Å². The van der Waals surface area contributed by atoms with Crippen LogP contribution in [0.2, 0.25) is 0 Å². The molecule has 0 saturated heterocycles. The minimum absolute atomic E-state index is 0.122. The molecule has 0 unspecified atom stereocenters. The number of carboxylic acids is 1. The third kappa shape index (κ3) is 2.74. The number of carboxylic acid groups (broad SMARTS) is 1. The number of hydrogen-bond donors (Lipinski definition) is 2. The van der Waals surface area contributed by atoms with Crippen LogP contribution in [-0.2, 0) is 9.59 Å². The molecule has 5 heteroatoms. The van der Waals surface area contributed by atoms with Gasteiger partial charge in [0.15, 0.2) is 0 Å². The van der Waals surface area contributed by atoms with Crippen LogP contribution in [0, 0.1) is 23.7 Å². The third-order valence-electron chi connectivity index (χ3n) is 5.17. The first-order valence-corrected chi connectivity index (χ1v) is 9.01. The van der Waals surface area contributed by atoms with Crippen molar-refractivity contribution in [3.8, 4) is 0 Å². The van der Waals surface area contributed by atoms with Crippen molar-refractivity contribution in [2.75, 3.05) is 11.6 Å². The molecule has 3 fully saturated rings. The number of rotatable bonds is 4. The summed E-state index contributed by atoms with van der Waals surface area (Å²) in [5.74, 6) is -1.47. The van der Waals surface area contributed by atoms with Crippen LogP contribution in [0.4, 0.5) is 5.69 Å². The van der Waals surface area contributed by atoms with Crippen LogP contribution in [0.25, 0.3) is 0 Å². The molecule has 0 heterocycles. The van der Waals surface area contributed by atoms with Crippen molar-refractivity contribution in [3.63, 3.8) is 0 Å². The Hall–Kier alpha value is -1.49. The largest absolute Gasteiger partial charge is 0.481 e. The van der Waals surface area contributed by atoms with Crippen molar-refractivity contribution in [3.05, 3.63) is 24.3 Å². The molecule has 3 aliphatic carbocycles. The molecule has 4 nitrogen and oxygen atoms in total. The molecule has 1 amide bonds. The van der Waals surface area contributed by atoms with E-state index in [1.165, 1.54) is 0 Å². The number of para-hydroxylation sites is 1. The van der Waals surface area contributed by atoms with Crippen molar-refractivity contribution in [2.24, 2.45) is 23.7 Å². The fourth-order valence-electron chi connectivity index (χ4n) is 4.15. The zero-order chi connectivity index (χ0) is 15.7. The van der Waals surface area contributed by atoms with Gasteiger partial charge in [0, 0.05) is 4.90 Å². The van der Waals surface area contributed by atoms with Gasteiger partial charge in [-0.2, -0.15) is 0 Å². The number of carbonyl (C=O) groups is 2. The van der Waals surface area contributed by atoms with E-state index in [1.807, 2.05) is 30.5 Å². The summed E-state index contributed by atoms with van der Waals surface area (Å²) in [4.78, 5) is 25.4. The standard InChI is InChI=1S/C17H21NO3S/c1-22-13-5-3-2-4-12(13)18-16(19)14-10-6-8-11(9-7-10)15(14)17(20)21/h2-5,10-11,14-15H,6-9H2,1H3,(H,18,19)(H,20,21)/t10?,11?,14-,15+/m0/s1. The summed E-state index contributed by atoms with van der Waals surface area (Å²) in [6.07, 6.45) is 5.83. The average Bonchev–Trinajstić information content (AvgIpc) is 2.55. The molecule has 0 aromatic heterocycles. The molecule has 0 aliphatic heterocycles. The Kier molecular flexibility index (Phi) is 4.43. The smallest absolute Gasteiger partial charge is 0.307 e. The molecule has 2 N–H and O–H groups in total. The van der Waals surface area contributed by atoms with Gasteiger partial charge in [-0.15, -0.1) is 11.8 Å². The van der Waals surface area contributed by atoms with E-state index in [0.717, 1.165) is 36.3 Å². The maximum absolute atomic E-state index is 12.8. The van der Waals surface area contributed by atoms with E-state index in [0.29, 0.717) is 0 Å². The van der Waals surface area contributed by atoms with Crippen LogP contribution in [0.1, 0.15) is 25.7 Å². The predicted octanol–water partition coefficient (Wildman–Crippen LogP) is 3.48. The number of hydrogen-bond acceptors (Lipinski definition) is 3. The topological polar surface area (TPSA) is 66.4 Å². The number of nitrogens with one attached hydrogen (secondary N) is 1. The molecule has 2 atom stereocenters. The molecule has 3 saturated carbocycles. The monoisotopic (exact) mass is 319 g/mol. The molecule has 3 aliphatic rings. The summed E-state index contributed by atoms with van der Waals surface area (Å²) < 4.78 is 0. The molecule has 1 aromatic rings. The molecule has 4 rings (SSSR count). The van der Waals surface area contributed by atoms with Gasteiger partial charge in [-0.3, -0.25) is 9.59 Å². The van der Waals surface area contributed by atoms with Gasteiger partial charge in [-0.05, 0) is 55.9 Å². The summed E-state index contributed by atoms with van der Waals surface area (Å²) >= 11 is 1.58. The number of fused-ring (bicyclic) bond motifs is 3. The quantitative estimate of drug-likeness (QED) is 0.834. The molecule has 0 radical (unpaired) electrons. The summed E-state index contributed by atoms with van der Waals surface area (Å²) in [5.41, 5.74) is 0.783. The lowest BCUT2D eigenvalue weighted by molar-refractivity contribution is -0.156. The van der Waals surface area contributed by atoms with Gasteiger partial charge >= 0.3 is 5.97 Å². The number of carbonyl (C=O) groups excluding carboxylic acids is 1. The minimum Gasteiger partial charge on any atom is -0.481 e. The summed E-state index contributed by atoms with van der Waals surface area (Å²) in [6.45, 7) is 0. The minimum atomic E-state index is -0.812. The predicted molar refractivity (Wildman–Crippen MR) is 86.9 cm³/mol. The van der Waals surface area contributed by atoms with E-state index in [-0.39, 0.29) is 23.7 Å². The van der Waals surface area contributed by atoms with Crippen molar-refractivity contribution >= 4 is 29.3 Å². The van der Waals surface area contributed by atoms with Crippen molar-refractivity contribution in [1.82, 2.24) is 0 Å². The molecule has 0 spiro atoms. The van der Waals surface area contributed by atoms with E-state index in [4.69, 9.17) is 0 Å². The molecule has 22 heavy (non-hydrogen) atoms. The highest BCUT2D eigenvalue weighted by atomic mass is 32.2. The Labute approximate surface area is 134 Å². The van der Waals surface area contributed by atoms with Crippen molar-refractivity contribution in [2.45, 2.75) is 30.6 Å². The fraction of sp³-hybridized carbons (Fsp3) is 0.529. The Morgan fingerprint density at radius 3 is 2.27 bits per heavy atom. The van der Waals surface area contributed by atoms with Crippen LogP contribution in [0.3, 0.4) is 0 Å². The highest BCUT2D eigenvalue weighted by molar-refractivity contribution is 7.98. The Balaban J connectivity index is 1.82. The molecular weight excluding hydrogens is 298 g/mol. The van der Waals surface area contributed by atoms with Crippen LogP contribution in [0.15, 0.2) is 29.2 Å². The number of amides is 1. The second-order valence-electron chi connectivity index (χ2n) is 6.25. The van der Waals surface area contributed by atoms with Gasteiger partial charge in [0.05, 0.1) is 17.5 Å². The van der Waals surface area contributed by atoms with E-state index >= 15 is 0 Å². The van der Waals surface area contributed by atoms with Gasteiger partial charge in [-0.25, -0.2) is 0 Å². The molecule has 118 valence electrons. The van der Waals surface area contributed by atoms with E-state index in [1.54, 1.807) is 11.8 Å². The fourth-order valence-corrected chi connectivity index (χ4v) is 4.70. The first-order valence-electron chi connectivity index (χ1n) is 7.78. The number of aliphatic carboxylic acids is 1. The first kappa shape index (κ1) is 15.4. The lowest BCUT2D eigenvalue weighted by atomic mass is 9.58. The number of benzene rings is 1. The summed E-state index contributed by atoms with van der Waals surface area (Å²) in [6, 6.07) is 7.66. The third-order valence-corrected chi connectivity index (χ3v) is 5.97. The Bertz CT molecular complexity index is 581. The lowest BCUT2D eigenvalue weighted by Crippen LogP contribution is -2.49. The maximum atomic E-state index is 12.8. The van der Waals surface area contributed by atoms with E-state index in [2.05, 4.69) is 5.32 Å². The normalized spacial score (nSPS) is 30.0. The highest BCUT2D eigenvalue weighted by Crippen LogP contribution is 2.49. The maximum Gasteiger partial charge on any atom is 0.307 e.